The van der Waals surface area contributed by atoms with E-state index >= 15 is 0 Å². The number of fused-ring (bicyclic) bond motifs is 2. The van der Waals surface area contributed by atoms with Crippen LogP contribution < -0.4 is 5.56 Å². The summed E-state index contributed by atoms with van der Waals surface area (Å²) in [5.74, 6) is 0.565. The summed E-state index contributed by atoms with van der Waals surface area (Å²) >= 11 is 5.75. The van der Waals surface area contributed by atoms with Gasteiger partial charge in [-0.05, 0) is 67.2 Å². The Morgan fingerprint density at radius 3 is 2.53 bits per heavy atom. The van der Waals surface area contributed by atoms with Crippen molar-refractivity contribution in [2.45, 2.75) is 26.4 Å². The van der Waals surface area contributed by atoms with Gasteiger partial charge in [-0.25, -0.2) is 9.97 Å². The SMILES string of the molecule is CCc1nc2ccc(-n3c(=S)n(-c4ccc(C#N)c(C(F)(F)F)c4)c4nccc(C)c43)cc2c(=O)[nH]1. The van der Waals surface area contributed by atoms with Crippen molar-refractivity contribution in [3.63, 3.8) is 0 Å². The first-order valence-corrected chi connectivity index (χ1v) is 11.3. The van der Waals surface area contributed by atoms with Gasteiger partial charge in [0.1, 0.15) is 5.82 Å². The number of nitriles is 1. The highest BCUT2D eigenvalue weighted by Crippen LogP contribution is 2.35. The molecule has 180 valence electrons. The van der Waals surface area contributed by atoms with E-state index in [1.54, 1.807) is 41.1 Å². The minimum absolute atomic E-state index is 0.112. The second-order valence-electron chi connectivity index (χ2n) is 8.16. The first kappa shape index (κ1) is 23.4. The minimum atomic E-state index is -4.73. The van der Waals surface area contributed by atoms with Gasteiger partial charge in [0.15, 0.2) is 10.4 Å². The van der Waals surface area contributed by atoms with Crippen LogP contribution >= 0.6 is 12.2 Å². The molecule has 0 fully saturated rings. The molecule has 0 unspecified atom stereocenters. The fourth-order valence-corrected chi connectivity index (χ4v) is 4.61. The smallest absolute Gasteiger partial charge is 0.310 e. The number of aromatic nitrogens is 5. The molecule has 11 heteroatoms. The first-order valence-electron chi connectivity index (χ1n) is 10.9. The molecule has 0 atom stereocenters. The number of hydrogen-bond donors (Lipinski definition) is 1. The zero-order valence-corrected chi connectivity index (χ0v) is 19.8. The molecule has 0 bridgehead atoms. The van der Waals surface area contributed by atoms with Crippen LogP contribution in [0.1, 0.15) is 29.4 Å². The molecule has 7 nitrogen and oxygen atoms in total. The van der Waals surface area contributed by atoms with E-state index in [-0.39, 0.29) is 16.0 Å². The van der Waals surface area contributed by atoms with Crippen LogP contribution in [0, 0.1) is 23.0 Å². The van der Waals surface area contributed by atoms with Crippen molar-refractivity contribution in [1.29, 1.82) is 5.26 Å². The molecule has 1 N–H and O–H groups in total. The third kappa shape index (κ3) is 3.67. The maximum Gasteiger partial charge on any atom is 0.417 e. The second kappa shape index (κ2) is 8.42. The van der Waals surface area contributed by atoms with Gasteiger partial charge in [0.2, 0.25) is 0 Å². The quantitative estimate of drug-likeness (QED) is 0.324. The van der Waals surface area contributed by atoms with Gasteiger partial charge in [0.05, 0.1) is 39.3 Å². The second-order valence-corrected chi connectivity index (χ2v) is 8.53. The summed E-state index contributed by atoms with van der Waals surface area (Å²) in [6, 6.07) is 11.9. The predicted molar refractivity (Wildman–Crippen MR) is 131 cm³/mol. The Kier molecular flexibility index (Phi) is 5.49. The maximum absolute atomic E-state index is 13.7. The molecule has 5 rings (SSSR count). The zero-order valence-electron chi connectivity index (χ0n) is 19.0. The van der Waals surface area contributed by atoms with E-state index in [2.05, 4.69) is 15.0 Å². The Morgan fingerprint density at radius 1 is 1.11 bits per heavy atom. The molecular weight excluding hydrogens is 489 g/mol. The summed E-state index contributed by atoms with van der Waals surface area (Å²) in [5.41, 5.74) is 1.02. The van der Waals surface area contributed by atoms with E-state index in [0.29, 0.717) is 40.0 Å². The van der Waals surface area contributed by atoms with Crippen molar-refractivity contribution >= 4 is 34.3 Å². The summed E-state index contributed by atoms with van der Waals surface area (Å²) in [5, 5.41) is 9.53. The Morgan fingerprint density at radius 2 is 1.83 bits per heavy atom. The van der Waals surface area contributed by atoms with Crippen LogP contribution in [0.5, 0.6) is 0 Å². The molecule has 5 aromatic rings. The number of H-pyrrole nitrogens is 1. The number of aromatic amines is 1. The van der Waals surface area contributed by atoms with Gasteiger partial charge < -0.3 is 4.98 Å². The molecule has 3 heterocycles. The van der Waals surface area contributed by atoms with Crippen molar-refractivity contribution in [2.24, 2.45) is 0 Å². The van der Waals surface area contributed by atoms with Crippen LogP contribution in [0.25, 0.3) is 33.4 Å². The average molecular weight is 507 g/mol. The number of nitrogens with one attached hydrogen (secondary N) is 1. The number of nitrogens with zero attached hydrogens (tertiary/aromatic N) is 5. The molecule has 0 radical (unpaired) electrons. The molecule has 0 saturated heterocycles. The number of rotatable bonds is 3. The van der Waals surface area contributed by atoms with E-state index in [1.165, 1.54) is 10.6 Å². The number of imidazole rings is 1. The number of halogens is 3. The van der Waals surface area contributed by atoms with Crippen LogP contribution in [0.2, 0.25) is 0 Å². The fraction of sp³-hybridized carbons (Fsp3) is 0.160. The van der Waals surface area contributed by atoms with Crippen molar-refractivity contribution in [3.8, 4) is 17.4 Å². The third-order valence-corrected chi connectivity index (χ3v) is 6.31. The Bertz CT molecular complexity index is 1840. The highest BCUT2D eigenvalue weighted by Gasteiger charge is 2.34. The molecule has 0 spiro atoms. The summed E-state index contributed by atoms with van der Waals surface area (Å²) in [6.45, 7) is 3.72. The Hall–Kier alpha value is -4.30. The topological polar surface area (TPSA) is 92.3 Å². The van der Waals surface area contributed by atoms with Crippen LogP contribution in [0.4, 0.5) is 13.2 Å². The summed E-state index contributed by atoms with van der Waals surface area (Å²) in [6.07, 6.45) is -2.61. The fourth-order valence-electron chi connectivity index (χ4n) is 4.22. The number of hydrogen-bond acceptors (Lipinski definition) is 5. The molecule has 36 heavy (non-hydrogen) atoms. The van der Waals surface area contributed by atoms with E-state index in [4.69, 9.17) is 12.2 Å². The number of benzene rings is 2. The van der Waals surface area contributed by atoms with E-state index < -0.39 is 17.3 Å². The minimum Gasteiger partial charge on any atom is -0.310 e. The average Bonchev–Trinajstić information content (AvgIpc) is 3.15. The van der Waals surface area contributed by atoms with E-state index in [9.17, 15) is 23.2 Å². The molecule has 0 aliphatic carbocycles. The van der Waals surface area contributed by atoms with Crippen LogP contribution in [0.3, 0.4) is 0 Å². The van der Waals surface area contributed by atoms with Gasteiger partial charge in [0, 0.05) is 18.3 Å². The van der Waals surface area contributed by atoms with Crippen LogP contribution in [-0.4, -0.2) is 24.1 Å². The van der Waals surface area contributed by atoms with E-state index in [1.807, 2.05) is 13.8 Å². The summed E-state index contributed by atoms with van der Waals surface area (Å²) in [7, 11) is 0. The van der Waals surface area contributed by atoms with Gasteiger partial charge >= 0.3 is 6.18 Å². The van der Waals surface area contributed by atoms with Crippen molar-refractivity contribution in [1.82, 2.24) is 24.1 Å². The monoisotopic (exact) mass is 506 g/mol. The largest absolute Gasteiger partial charge is 0.417 e. The lowest BCUT2D eigenvalue weighted by Crippen LogP contribution is -2.12. The predicted octanol–water partition coefficient (Wildman–Crippen LogP) is 5.54. The number of pyridine rings is 1. The molecular formula is C25H17F3N6OS. The van der Waals surface area contributed by atoms with Gasteiger partial charge in [-0.15, -0.1) is 0 Å². The van der Waals surface area contributed by atoms with Crippen LogP contribution in [-0.2, 0) is 12.6 Å². The Balaban J connectivity index is 1.83. The molecule has 0 aliphatic heterocycles. The van der Waals surface area contributed by atoms with Gasteiger partial charge in [-0.2, -0.15) is 18.4 Å². The number of aryl methyl sites for hydroxylation is 2. The number of alkyl halides is 3. The van der Waals surface area contributed by atoms with Gasteiger partial charge in [-0.1, -0.05) is 6.92 Å². The molecule has 0 saturated carbocycles. The first-order chi connectivity index (χ1) is 17.1. The maximum atomic E-state index is 13.7. The zero-order chi connectivity index (χ0) is 25.8. The molecule has 3 aromatic heterocycles. The van der Waals surface area contributed by atoms with E-state index in [0.717, 1.165) is 17.7 Å². The lowest BCUT2D eigenvalue weighted by molar-refractivity contribution is -0.137. The summed E-state index contributed by atoms with van der Waals surface area (Å²) < 4.78 is 44.3. The van der Waals surface area contributed by atoms with Gasteiger partial charge in [0.25, 0.3) is 5.56 Å². The van der Waals surface area contributed by atoms with Crippen molar-refractivity contribution < 1.29 is 13.2 Å². The van der Waals surface area contributed by atoms with Crippen molar-refractivity contribution in [2.75, 3.05) is 0 Å². The summed E-state index contributed by atoms with van der Waals surface area (Å²) in [4.78, 5) is 24.3. The lowest BCUT2D eigenvalue weighted by Gasteiger charge is -2.12. The lowest BCUT2D eigenvalue weighted by atomic mass is 10.1. The van der Waals surface area contributed by atoms with Crippen molar-refractivity contribution in [3.05, 3.63) is 86.3 Å². The Labute approximate surface area is 207 Å². The van der Waals surface area contributed by atoms with Gasteiger partial charge in [-0.3, -0.25) is 13.9 Å². The highest BCUT2D eigenvalue weighted by molar-refractivity contribution is 7.71. The molecule has 0 amide bonds. The molecule has 0 aliphatic rings. The standard InChI is InChI=1S/C25H17F3N6OS/c1-3-20-31-19-7-6-15(10-17(19)23(35)32-20)33-21-13(2)8-9-30-22(21)34(24(33)36)16-5-4-14(12-29)18(11-16)25(26,27)28/h4-11H,3H2,1-2H3,(H,31,32,35). The third-order valence-electron chi connectivity index (χ3n) is 5.94. The van der Waals surface area contributed by atoms with Crippen LogP contribution in [0.15, 0.2) is 53.5 Å². The highest BCUT2D eigenvalue weighted by atomic mass is 32.1. The molecule has 2 aromatic carbocycles. The normalized spacial score (nSPS) is 11.8.